The van der Waals surface area contributed by atoms with Gasteiger partial charge in [-0.1, -0.05) is 35.8 Å². The van der Waals surface area contributed by atoms with Gasteiger partial charge in [-0.05, 0) is 73.6 Å². The minimum atomic E-state index is -0.700. The number of halogens is 1. The number of ether oxygens (including phenoxy) is 1. The molecule has 3 atom stereocenters. The van der Waals surface area contributed by atoms with Gasteiger partial charge in [-0.25, -0.2) is 4.79 Å². The topological polar surface area (TPSA) is 92.8 Å². The summed E-state index contributed by atoms with van der Waals surface area (Å²) in [4.78, 5) is 52.0. The number of rotatable bonds is 6. The van der Waals surface area contributed by atoms with Gasteiger partial charge in [0.1, 0.15) is 0 Å². The lowest BCUT2D eigenvalue weighted by Crippen LogP contribution is -2.31. The highest BCUT2D eigenvalue weighted by molar-refractivity contribution is 9.10. The summed E-state index contributed by atoms with van der Waals surface area (Å²) in [5.41, 5.74) is 2.15. The van der Waals surface area contributed by atoms with Crippen LogP contribution in [0.15, 0.2) is 46.9 Å². The number of carbonyl (C=O) groups is 4. The SMILES string of the molecule is CCc1cc(Br)ccc1NC(=O)COC(=O)c1cccc(N2C(=O)[C@@H]3CC[C@H](C)C[C@H]3C2=O)c1. The van der Waals surface area contributed by atoms with Gasteiger partial charge in [0.2, 0.25) is 11.8 Å². The molecule has 0 aromatic heterocycles. The molecule has 34 heavy (non-hydrogen) atoms. The molecule has 1 saturated heterocycles. The Morgan fingerprint density at radius 2 is 1.85 bits per heavy atom. The van der Waals surface area contributed by atoms with E-state index in [1.165, 1.54) is 17.0 Å². The zero-order valence-corrected chi connectivity index (χ0v) is 20.8. The summed E-state index contributed by atoms with van der Waals surface area (Å²) < 4.78 is 6.10. The van der Waals surface area contributed by atoms with Gasteiger partial charge in [0.15, 0.2) is 6.61 Å². The fourth-order valence-electron chi connectivity index (χ4n) is 4.79. The van der Waals surface area contributed by atoms with Gasteiger partial charge >= 0.3 is 5.97 Å². The molecule has 3 amide bonds. The fourth-order valence-corrected chi connectivity index (χ4v) is 5.20. The molecule has 2 aromatic carbocycles. The van der Waals surface area contributed by atoms with Crippen molar-refractivity contribution in [1.82, 2.24) is 0 Å². The first-order valence-electron chi connectivity index (χ1n) is 11.5. The Kier molecular flexibility index (Phi) is 7.16. The Balaban J connectivity index is 1.41. The van der Waals surface area contributed by atoms with E-state index in [4.69, 9.17) is 4.74 Å². The number of hydrogen-bond donors (Lipinski definition) is 1. The van der Waals surface area contributed by atoms with E-state index in [1.54, 1.807) is 18.2 Å². The summed E-state index contributed by atoms with van der Waals surface area (Å²) in [7, 11) is 0. The smallest absolute Gasteiger partial charge is 0.338 e. The maximum atomic E-state index is 13.0. The lowest BCUT2D eigenvalue weighted by molar-refractivity contribution is -0.122. The number of carbonyl (C=O) groups excluding carboxylic acids is 4. The van der Waals surface area contributed by atoms with Crippen LogP contribution in [0, 0.1) is 17.8 Å². The predicted molar refractivity (Wildman–Crippen MR) is 131 cm³/mol. The van der Waals surface area contributed by atoms with Gasteiger partial charge in [0.25, 0.3) is 5.91 Å². The van der Waals surface area contributed by atoms with Crippen molar-refractivity contribution in [1.29, 1.82) is 0 Å². The highest BCUT2D eigenvalue weighted by Gasteiger charge is 2.50. The number of benzene rings is 2. The van der Waals surface area contributed by atoms with Gasteiger partial charge in [0.05, 0.1) is 23.1 Å². The van der Waals surface area contributed by atoms with Crippen LogP contribution in [0.4, 0.5) is 11.4 Å². The normalized spacial score (nSPS) is 21.9. The largest absolute Gasteiger partial charge is 0.452 e. The monoisotopic (exact) mass is 526 g/mol. The van der Waals surface area contributed by atoms with E-state index in [0.717, 1.165) is 22.9 Å². The molecule has 0 radical (unpaired) electrons. The van der Waals surface area contributed by atoms with Crippen LogP contribution in [0.25, 0.3) is 0 Å². The Labute approximate surface area is 207 Å². The third-order valence-electron chi connectivity index (χ3n) is 6.58. The standard InChI is InChI=1S/C26H27BrN2O5/c1-3-16-12-18(27)8-10-22(16)28-23(30)14-34-26(33)17-5-4-6-19(13-17)29-24(31)20-9-7-15(2)11-21(20)25(29)32/h4-6,8,10,12-13,15,20-21H,3,7,9,11,14H2,1-2H3,(H,28,30)/t15-,20+,21+/m0/s1. The number of amides is 3. The number of hydrogen-bond acceptors (Lipinski definition) is 5. The minimum Gasteiger partial charge on any atom is -0.452 e. The van der Waals surface area contributed by atoms with Crippen molar-refractivity contribution in [3.63, 3.8) is 0 Å². The van der Waals surface area contributed by atoms with Gasteiger partial charge in [-0.15, -0.1) is 0 Å². The van der Waals surface area contributed by atoms with E-state index < -0.39 is 18.5 Å². The highest BCUT2D eigenvalue weighted by atomic mass is 79.9. The van der Waals surface area contributed by atoms with Crippen LogP contribution >= 0.6 is 15.9 Å². The fraction of sp³-hybridized carbons (Fsp3) is 0.385. The maximum absolute atomic E-state index is 13.0. The van der Waals surface area contributed by atoms with Crippen LogP contribution in [0.3, 0.4) is 0 Å². The summed E-state index contributed by atoms with van der Waals surface area (Å²) in [6, 6.07) is 11.8. The molecule has 1 heterocycles. The number of fused-ring (bicyclic) bond motifs is 1. The molecular formula is C26H27BrN2O5. The summed E-state index contributed by atoms with van der Waals surface area (Å²) in [6.45, 7) is 3.63. The van der Waals surface area contributed by atoms with Gasteiger partial charge < -0.3 is 10.1 Å². The van der Waals surface area contributed by atoms with E-state index in [9.17, 15) is 19.2 Å². The second-order valence-electron chi connectivity index (χ2n) is 8.97. The third-order valence-corrected chi connectivity index (χ3v) is 7.08. The average molecular weight is 527 g/mol. The number of nitrogens with one attached hydrogen (secondary N) is 1. The second kappa shape index (κ2) is 10.1. The van der Waals surface area contributed by atoms with E-state index in [0.29, 0.717) is 30.1 Å². The van der Waals surface area contributed by atoms with Crippen molar-refractivity contribution < 1.29 is 23.9 Å². The molecule has 1 aliphatic carbocycles. The number of esters is 1. The molecule has 0 spiro atoms. The first-order chi connectivity index (χ1) is 16.3. The lowest BCUT2D eigenvalue weighted by Gasteiger charge is -2.25. The second-order valence-corrected chi connectivity index (χ2v) is 9.89. The first-order valence-corrected chi connectivity index (χ1v) is 12.3. The Bertz CT molecular complexity index is 1150. The van der Waals surface area contributed by atoms with E-state index >= 15 is 0 Å². The third kappa shape index (κ3) is 4.92. The van der Waals surface area contributed by atoms with Crippen molar-refractivity contribution >= 4 is 51.0 Å². The average Bonchev–Trinajstić information content (AvgIpc) is 3.07. The molecule has 2 aliphatic rings. The van der Waals surface area contributed by atoms with E-state index in [1.807, 2.05) is 19.1 Å². The molecule has 4 rings (SSSR count). The van der Waals surface area contributed by atoms with Crippen molar-refractivity contribution in [2.45, 2.75) is 39.5 Å². The zero-order valence-electron chi connectivity index (χ0n) is 19.2. The van der Waals surface area contributed by atoms with Crippen molar-refractivity contribution in [3.8, 4) is 0 Å². The zero-order chi connectivity index (χ0) is 24.4. The summed E-state index contributed by atoms with van der Waals surface area (Å²) >= 11 is 3.41. The quantitative estimate of drug-likeness (QED) is 0.433. The number of anilines is 2. The van der Waals surface area contributed by atoms with E-state index in [-0.39, 0.29) is 29.2 Å². The lowest BCUT2D eigenvalue weighted by atomic mass is 9.76. The number of aryl methyl sites for hydroxylation is 1. The first kappa shape index (κ1) is 24.1. The molecule has 1 N–H and O–H groups in total. The molecule has 1 saturated carbocycles. The van der Waals surface area contributed by atoms with Gasteiger partial charge in [0, 0.05) is 10.2 Å². The minimum absolute atomic E-state index is 0.173. The van der Waals surface area contributed by atoms with Gasteiger partial charge in [-0.3, -0.25) is 19.3 Å². The highest BCUT2D eigenvalue weighted by Crippen LogP contribution is 2.42. The molecular weight excluding hydrogens is 500 g/mol. The van der Waals surface area contributed by atoms with Gasteiger partial charge in [-0.2, -0.15) is 0 Å². The molecule has 1 aliphatic heterocycles. The summed E-state index contributed by atoms with van der Waals surface area (Å²) in [6.07, 6.45) is 3.08. The van der Waals surface area contributed by atoms with E-state index in [2.05, 4.69) is 28.2 Å². The molecule has 0 bridgehead atoms. The molecule has 2 fully saturated rings. The summed E-state index contributed by atoms with van der Waals surface area (Å²) in [5, 5.41) is 2.76. The van der Waals surface area contributed by atoms with Crippen molar-refractivity contribution in [2.24, 2.45) is 17.8 Å². The Morgan fingerprint density at radius 1 is 1.09 bits per heavy atom. The Morgan fingerprint density at radius 3 is 2.62 bits per heavy atom. The Hall–Kier alpha value is -3.00. The molecule has 2 aromatic rings. The van der Waals surface area contributed by atoms with Crippen LogP contribution in [0.2, 0.25) is 0 Å². The van der Waals surface area contributed by atoms with Crippen molar-refractivity contribution in [3.05, 3.63) is 58.1 Å². The number of nitrogens with zero attached hydrogens (tertiary/aromatic N) is 1. The van der Waals surface area contributed by atoms with Crippen LogP contribution in [0.5, 0.6) is 0 Å². The van der Waals surface area contributed by atoms with Crippen LogP contribution < -0.4 is 10.2 Å². The number of imide groups is 1. The molecule has 0 unspecified atom stereocenters. The molecule has 178 valence electrons. The van der Waals surface area contributed by atoms with Crippen LogP contribution in [-0.4, -0.2) is 30.3 Å². The van der Waals surface area contributed by atoms with Crippen LogP contribution in [0.1, 0.15) is 49.0 Å². The van der Waals surface area contributed by atoms with Crippen molar-refractivity contribution in [2.75, 3.05) is 16.8 Å². The molecule has 8 heteroatoms. The molecule has 7 nitrogen and oxygen atoms in total. The predicted octanol–water partition coefficient (Wildman–Crippen LogP) is 4.73. The van der Waals surface area contributed by atoms with Crippen LogP contribution in [-0.2, 0) is 25.5 Å². The maximum Gasteiger partial charge on any atom is 0.338 e. The summed E-state index contributed by atoms with van der Waals surface area (Å²) in [5.74, 6) is -1.72.